The summed E-state index contributed by atoms with van der Waals surface area (Å²) in [7, 11) is 0. The van der Waals surface area contributed by atoms with Crippen molar-refractivity contribution in [2.45, 2.75) is 39.3 Å². The zero-order valence-electron chi connectivity index (χ0n) is 17.1. The Morgan fingerprint density at radius 1 is 1.07 bits per heavy atom. The first-order valence-electron chi connectivity index (χ1n) is 9.85. The van der Waals surface area contributed by atoms with Crippen LogP contribution in [-0.4, -0.2) is 20.7 Å². The Balaban J connectivity index is 1.41. The van der Waals surface area contributed by atoms with E-state index in [1.165, 1.54) is 11.1 Å². The highest BCUT2D eigenvalue weighted by molar-refractivity contribution is 5.98. The summed E-state index contributed by atoms with van der Waals surface area (Å²) in [5.74, 6) is -0.116. The molecule has 0 aliphatic carbocycles. The molecule has 2 aromatic heterocycles. The predicted molar refractivity (Wildman–Crippen MR) is 116 cm³/mol. The average molecular weight is 386 g/mol. The number of rotatable bonds is 5. The van der Waals surface area contributed by atoms with E-state index in [1.54, 1.807) is 6.20 Å². The number of benzene rings is 2. The topological polar surface area (TPSA) is 62.7 Å². The molecule has 5 heteroatoms. The number of nitrogens with zero attached hydrogens (tertiary/aromatic N) is 2. The maximum absolute atomic E-state index is 12.6. The molecular formula is C24H26N4O. The van der Waals surface area contributed by atoms with E-state index in [-0.39, 0.29) is 11.3 Å². The van der Waals surface area contributed by atoms with Crippen molar-refractivity contribution in [3.8, 4) is 0 Å². The van der Waals surface area contributed by atoms with E-state index in [4.69, 9.17) is 0 Å². The Labute approximate surface area is 170 Å². The molecule has 5 nitrogen and oxygen atoms in total. The second-order valence-electron chi connectivity index (χ2n) is 8.45. The highest BCUT2D eigenvalue weighted by atomic mass is 16.1. The smallest absolute Gasteiger partial charge is 0.267 e. The second kappa shape index (κ2) is 7.59. The molecule has 0 radical (unpaired) electrons. The fraction of sp³-hybridized carbons (Fsp3) is 0.250. The number of nitrogens with one attached hydrogen (secondary N) is 2. The van der Waals surface area contributed by atoms with Crippen LogP contribution in [0, 0.1) is 0 Å². The molecule has 0 spiro atoms. The van der Waals surface area contributed by atoms with Crippen LogP contribution in [0.3, 0.4) is 0 Å². The van der Waals surface area contributed by atoms with Crippen LogP contribution in [0.15, 0.2) is 67.0 Å². The van der Waals surface area contributed by atoms with Crippen LogP contribution < -0.4 is 5.32 Å². The lowest BCUT2D eigenvalue weighted by Crippen LogP contribution is -2.22. The number of fused-ring (bicyclic) bond motifs is 1. The highest BCUT2D eigenvalue weighted by Crippen LogP contribution is 2.26. The molecule has 2 heterocycles. The van der Waals surface area contributed by atoms with Crippen molar-refractivity contribution in [2.24, 2.45) is 0 Å². The van der Waals surface area contributed by atoms with Gasteiger partial charge in [-0.2, -0.15) is 5.10 Å². The summed E-state index contributed by atoms with van der Waals surface area (Å²) < 4.78 is 1.88. The minimum Gasteiger partial charge on any atom is -0.351 e. The molecule has 0 aliphatic heterocycles. The van der Waals surface area contributed by atoms with Gasteiger partial charge in [0.25, 0.3) is 5.91 Å². The van der Waals surface area contributed by atoms with E-state index < -0.39 is 0 Å². The van der Waals surface area contributed by atoms with Gasteiger partial charge in [-0.3, -0.25) is 9.48 Å². The van der Waals surface area contributed by atoms with Crippen LogP contribution in [0.4, 0.5) is 0 Å². The maximum atomic E-state index is 12.6. The molecular weight excluding hydrogens is 360 g/mol. The van der Waals surface area contributed by atoms with Gasteiger partial charge in [-0.1, -0.05) is 57.2 Å². The van der Waals surface area contributed by atoms with Crippen molar-refractivity contribution in [2.75, 3.05) is 0 Å². The Bertz CT molecular complexity index is 1130. The van der Waals surface area contributed by atoms with Crippen molar-refractivity contribution in [1.29, 1.82) is 0 Å². The van der Waals surface area contributed by atoms with Gasteiger partial charge in [0.2, 0.25) is 0 Å². The number of H-pyrrole nitrogens is 1. The van der Waals surface area contributed by atoms with E-state index >= 15 is 0 Å². The molecule has 0 bridgehead atoms. The summed E-state index contributed by atoms with van der Waals surface area (Å²) in [5, 5.41) is 8.42. The van der Waals surface area contributed by atoms with Crippen LogP contribution in [0.1, 0.15) is 48.0 Å². The lowest BCUT2D eigenvalue weighted by molar-refractivity contribution is 0.0946. The second-order valence-corrected chi connectivity index (χ2v) is 8.45. The van der Waals surface area contributed by atoms with Crippen molar-refractivity contribution in [3.63, 3.8) is 0 Å². The van der Waals surface area contributed by atoms with Gasteiger partial charge >= 0.3 is 0 Å². The molecule has 0 fully saturated rings. The quantitative estimate of drug-likeness (QED) is 0.525. The van der Waals surface area contributed by atoms with E-state index in [9.17, 15) is 4.79 Å². The summed E-state index contributed by atoms with van der Waals surface area (Å²) in [5.41, 5.74) is 5.04. The van der Waals surface area contributed by atoms with Gasteiger partial charge in [-0.15, -0.1) is 0 Å². The minimum atomic E-state index is -0.116. The Morgan fingerprint density at radius 3 is 2.62 bits per heavy atom. The molecule has 4 rings (SSSR count). The Hall–Kier alpha value is -3.34. The minimum absolute atomic E-state index is 0.0772. The molecule has 0 unspecified atom stereocenters. The fourth-order valence-electron chi connectivity index (χ4n) is 3.35. The molecule has 0 saturated heterocycles. The predicted octanol–water partition coefficient (Wildman–Crippen LogP) is 4.64. The summed E-state index contributed by atoms with van der Waals surface area (Å²) in [6.07, 6.45) is 3.76. The summed E-state index contributed by atoms with van der Waals surface area (Å²) in [4.78, 5) is 15.8. The first-order valence-corrected chi connectivity index (χ1v) is 9.85. The lowest BCUT2D eigenvalue weighted by Gasteiger charge is -2.18. The van der Waals surface area contributed by atoms with Gasteiger partial charge in [0.15, 0.2) is 0 Å². The number of hydrogen-bond donors (Lipinski definition) is 2. The molecule has 29 heavy (non-hydrogen) atoms. The van der Waals surface area contributed by atoms with Crippen molar-refractivity contribution in [1.82, 2.24) is 20.1 Å². The first kappa shape index (κ1) is 19.0. The highest BCUT2D eigenvalue weighted by Gasteiger charge is 2.16. The molecule has 148 valence electrons. The average Bonchev–Trinajstić information content (AvgIpc) is 3.32. The van der Waals surface area contributed by atoms with Crippen molar-refractivity contribution >= 4 is 16.8 Å². The number of carbonyl (C=O) groups is 1. The molecule has 0 aliphatic rings. The molecule has 0 saturated carbocycles. The number of aromatic nitrogens is 3. The van der Waals surface area contributed by atoms with Crippen molar-refractivity contribution < 1.29 is 4.79 Å². The van der Waals surface area contributed by atoms with Gasteiger partial charge in [0.1, 0.15) is 5.69 Å². The summed E-state index contributed by atoms with van der Waals surface area (Å²) in [6.45, 7) is 7.72. The number of aromatic amines is 1. The van der Waals surface area contributed by atoms with E-state index in [1.807, 2.05) is 41.2 Å². The molecule has 0 atom stereocenters. The monoisotopic (exact) mass is 386 g/mol. The third kappa shape index (κ3) is 4.40. The third-order valence-corrected chi connectivity index (χ3v) is 5.06. The van der Waals surface area contributed by atoms with Crippen LogP contribution >= 0.6 is 0 Å². The summed E-state index contributed by atoms with van der Waals surface area (Å²) >= 11 is 0. The van der Waals surface area contributed by atoms with Crippen LogP contribution in [0.2, 0.25) is 0 Å². The normalized spacial score (nSPS) is 11.7. The summed E-state index contributed by atoms with van der Waals surface area (Å²) in [6, 6.07) is 18.4. The van der Waals surface area contributed by atoms with E-state index in [2.05, 4.69) is 60.4 Å². The SMILES string of the molecule is CC(C)(C)c1ccc2[nH]c(C(=O)NCc3cnn(Cc4ccccc4)c3)cc2c1. The number of hydrogen-bond acceptors (Lipinski definition) is 2. The Kier molecular flexibility index (Phi) is 4.97. The number of carbonyl (C=O) groups excluding carboxylic acids is 1. The number of amides is 1. The van der Waals surface area contributed by atoms with Gasteiger partial charge in [-0.25, -0.2) is 0 Å². The molecule has 2 aromatic carbocycles. The molecule has 2 N–H and O–H groups in total. The largest absolute Gasteiger partial charge is 0.351 e. The fourth-order valence-corrected chi connectivity index (χ4v) is 3.35. The van der Waals surface area contributed by atoms with Crippen molar-refractivity contribution in [3.05, 3.63) is 89.4 Å². The molecule has 4 aromatic rings. The van der Waals surface area contributed by atoms with Gasteiger partial charge in [0, 0.05) is 29.2 Å². The maximum Gasteiger partial charge on any atom is 0.267 e. The zero-order valence-corrected chi connectivity index (χ0v) is 17.1. The van der Waals surface area contributed by atoms with E-state index in [0.717, 1.165) is 16.5 Å². The first-order chi connectivity index (χ1) is 13.9. The van der Waals surface area contributed by atoms with Gasteiger partial charge in [-0.05, 0) is 34.7 Å². The van der Waals surface area contributed by atoms with Crippen LogP contribution in [-0.2, 0) is 18.5 Å². The van der Waals surface area contributed by atoms with Crippen LogP contribution in [0.5, 0.6) is 0 Å². The third-order valence-electron chi connectivity index (χ3n) is 5.06. The standard InChI is InChI=1S/C24H26N4O/c1-24(2,3)20-9-10-21-19(11-20)12-22(27-21)23(29)25-13-18-14-26-28(16-18)15-17-7-5-4-6-8-17/h4-12,14,16,27H,13,15H2,1-3H3,(H,25,29). The lowest BCUT2D eigenvalue weighted by atomic mass is 9.86. The molecule has 1 amide bonds. The van der Waals surface area contributed by atoms with Crippen LogP contribution in [0.25, 0.3) is 10.9 Å². The van der Waals surface area contributed by atoms with Gasteiger partial charge < -0.3 is 10.3 Å². The Morgan fingerprint density at radius 2 is 1.86 bits per heavy atom. The van der Waals surface area contributed by atoms with Gasteiger partial charge in [0.05, 0.1) is 12.7 Å². The zero-order chi connectivity index (χ0) is 20.4. The van der Waals surface area contributed by atoms with E-state index in [0.29, 0.717) is 18.8 Å².